The summed E-state index contributed by atoms with van der Waals surface area (Å²) in [7, 11) is 4.03. The normalized spacial score (nSPS) is 14.1. The molecule has 150 valence electrons. The summed E-state index contributed by atoms with van der Waals surface area (Å²) in [6, 6.07) is 14.5. The monoisotopic (exact) mass is 396 g/mol. The van der Waals surface area contributed by atoms with Crippen molar-refractivity contribution in [2.45, 2.75) is 19.4 Å². The molecule has 2 aromatic heterocycles. The lowest BCUT2D eigenvalue weighted by Gasteiger charge is -2.25. The molecule has 30 heavy (non-hydrogen) atoms. The highest BCUT2D eigenvalue weighted by molar-refractivity contribution is 5.98. The molecule has 4 aromatic rings. The van der Waals surface area contributed by atoms with E-state index in [-0.39, 0.29) is 5.78 Å². The van der Waals surface area contributed by atoms with Crippen LogP contribution in [0, 0.1) is 0 Å². The maximum absolute atomic E-state index is 12.9. The minimum Gasteiger partial charge on any atom is -0.302 e. The van der Waals surface area contributed by atoms with E-state index < -0.39 is 0 Å². The predicted octanol–water partition coefficient (Wildman–Crippen LogP) is 4.05. The van der Waals surface area contributed by atoms with Crippen LogP contribution >= 0.6 is 0 Å². The minimum absolute atomic E-state index is 0.112. The molecule has 1 aliphatic heterocycles. The van der Waals surface area contributed by atoms with Crippen molar-refractivity contribution in [2.75, 3.05) is 13.6 Å². The van der Waals surface area contributed by atoms with Crippen LogP contribution in [0.1, 0.15) is 27.2 Å². The molecule has 1 aliphatic rings. The second-order valence-electron chi connectivity index (χ2n) is 8.21. The third-order valence-electron chi connectivity index (χ3n) is 5.89. The van der Waals surface area contributed by atoms with Crippen LogP contribution in [-0.2, 0) is 26.4 Å². The van der Waals surface area contributed by atoms with E-state index in [1.54, 1.807) is 4.68 Å². The van der Waals surface area contributed by atoms with Crippen molar-refractivity contribution in [3.8, 4) is 11.1 Å². The van der Waals surface area contributed by atoms with Crippen LogP contribution in [0.2, 0.25) is 0 Å². The molecule has 0 bridgehead atoms. The SMILES string of the molecule is CN1CCc2ccc(C(=O)Cc3cc4cc(-c5cnn(C)c5)ccc4cn3)cc2C1. The predicted molar refractivity (Wildman–Crippen MR) is 118 cm³/mol. The third kappa shape index (κ3) is 3.64. The van der Waals surface area contributed by atoms with E-state index in [0.717, 1.165) is 52.7 Å². The number of nitrogens with zero attached hydrogens (tertiary/aromatic N) is 4. The van der Waals surface area contributed by atoms with Crippen LogP contribution in [0.15, 0.2) is 61.1 Å². The number of ketones is 1. The van der Waals surface area contributed by atoms with Crippen LogP contribution < -0.4 is 0 Å². The number of likely N-dealkylation sites (N-methyl/N-ethyl adjacent to an activating group) is 1. The van der Waals surface area contributed by atoms with Crippen molar-refractivity contribution < 1.29 is 4.79 Å². The fourth-order valence-electron chi connectivity index (χ4n) is 4.17. The number of hydrogen-bond donors (Lipinski definition) is 0. The molecule has 5 rings (SSSR count). The number of benzene rings is 2. The molecule has 0 spiro atoms. The molecule has 0 N–H and O–H groups in total. The molecule has 0 atom stereocenters. The first kappa shape index (κ1) is 18.7. The number of carbonyl (C=O) groups excluding carboxylic acids is 1. The lowest BCUT2D eigenvalue weighted by molar-refractivity contribution is 0.0991. The number of Topliss-reactive ketones (excluding diaryl/α,β-unsaturated/α-hetero) is 1. The molecule has 3 heterocycles. The Morgan fingerprint density at radius 2 is 1.87 bits per heavy atom. The fourth-order valence-corrected chi connectivity index (χ4v) is 4.17. The summed E-state index contributed by atoms with van der Waals surface area (Å²) in [6.07, 6.45) is 7.07. The molecule has 5 nitrogen and oxygen atoms in total. The Morgan fingerprint density at radius 1 is 0.967 bits per heavy atom. The van der Waals surface area contributed by atoms with E-state index in [0.29, 0.717) is 6.42 Å². The molecular weight excluding hydrogens is 372 g/mol. The van der Waals surface area contributed by atoms with Gasteiger partial charge in [-0.15, -0.1) is 0 Å². The highest BCUT2D eigenvalue weighted by atomic mass is 16.1. The van der Waals surface area contributed by atoms with E-state index >= 15 is 0 Å². The zero-order chi connectivity index (χ0) is 20.7. The maximum atomic E-state index is 12.9. The molecule has 0 amide bonds. The zero-order valence-electron chi connectivity index (χ0n) is 17.3. The molecule has 5 heteroatoms. The molecular formula is C25H24N4O. The van der Waals surface area contributed by atoms with Gasteiger partial charge < -0.3 is 4.90 Å². The first-order chi connectivity index (χ1) is 14.5. The van der Waals surface area contributed by atoms with E-state index in [1.165, 1.54) is 11.1 Å². The Labute approximate surface area is 176 Å². The van der Waals surface area contributed by atoms with Gasteiger partial charge in [0.15, 0.2) is 5.78 Å². The average Bonchev–Trinajstić information content (AvgIpc) is 3.19. The highest BCUT2D eigenvalue weighted by Gasteiger charge is 2.16. The summed E-state index contributed by atoms with van der Waals surface area (Å²) in [5, 5.41) is 6.41. The van der Waals surface area contributed by atoms with Crippen LogP contribution in [-0.4, -0.2) is 39.0 Å². The third-order valence-corrected chi connectivity index (χ3v) is 5.89. The Hall–Kier alpha value is -3.31. The summed E-state index contributed by atoms with van der Waals surface area (Å²) in [5.74, 6) is 0.112. The molecule has 0 saturated heterocycles. The Balaban J connectivity index is 1.41. The second-order valence-corrected chi connectivity index (χ2v) is 8.21. The lowest BCUT2D eigenvalue weighted by atomic mass is 9.95. The Kier molecular flexibility index (Phi) is 4.68. The van der Waals surface area contributed by atoms with Gasteiger partial charge in [-0.2, -0.15) is 5.10 Å². The van der Waals surface area contributed by atoms with Crippen LogP contribution in [0.4, 0.5) is 0 Å². The molecule has 2 aromatic carbocycles. The van der Waals surface area contributed by atoms with Gasteiger partial charge in [-0.1, -0.05) is 24.3 Å². The first-order valence-corrected chi connectivity index (χ1v) is 10.3. The van der Waals surface area contributed by atoms with Gasteiger partial charge in [-0.25, -0.2) is 0 Å². The van der Waals surface area contributed by atoms with Gasteiger partial charge in [0.05, 0.1) is 12.6 Å². The van der Waals surface area contributed by atoms with Gasteiger partial charge in [0.1, 0.15) is 0 Å². The van der Waals surface area contributed by atoms with Crippen molar-refractivity contribution in [2.24, 2.45) is 7.05 Å². The standard InChI is InChI=1S/C25H24N4O/c1-28-8-7-17-3-5-19(10-22(17)15-28)25(30)12-24-11-21-9-18(4-6-20(21)13-26-24)23-14-27-29(2)16-23/h3-6,9-11,13-14,16H,7-8,12,15H2,1-2H3. The van der Waals surface area contributed by atoms with E-state index in [1.807, 2.05) is 37.8 Å². The number of aryl methyl sites for hydroxylation is 1. The Morgan fingerprint density at radius 3 is 2.70 bits per heavy atom. The van der Waals surface area contributed by atoms with E-state index in [9.17, 15) is 4.79 Å². The molecule has 0 saturated carbocycles. The summed E-state index contributed by atoms with van der Waals surface area (Å²) < 4.78 is 1.80. The van der Waals surface area contributed by atoms with Crippen molar-refractivity contribution in [1.82, 2.24) is 19.7 Å². The summed E-state index contributed by atoms with van der Waals surface area (Å²) in [6.45, 7) is 1.98. The second kappa shape index (κ2) is 7.50. The van der Waals surface area contributed by atoms with Crippen molar-refractivity contribution >= 4 is 16.6 Å². The number of fused-ring (bicyclic) bond motifs is 2. The number of rotatable bonds is 4. The summed E-state index contributed by atoms with van der Waals surface area (Å²) in [5.41, 5.74) is 6.38. The highest BCUT2D eigenvalue weighted by Crippen LogP contribution is 2.25. The minimum atomic E-state index is 0.112. The van der Waals surface area contributed by atoms with Gasteiger partial charge in [0.25, 0.3) is 0 Å². The average molecular weight is 396 g/mol. The smallest absolute Gasteiger partial charge is 0.168 e. The largest absolute Gasteiger partial charge is 0.302 e. The molecule has 0 unspecified atom stereocenters. The molecule has 0 fully saturated rings. The van der Waals surface area contributed by atoms with E-state index in [4.69, 9.17) is 0 Å². The summed E-state index contributed by atoms with van der Waals surface area (Å²) in [4.78, 5) is 19.8. The van der Waals surface area contributed by atoms with Gasteiger partial charge in [0.2, 0.25) is 0 Å². The first-order valence-electron chi connectivity index (χ1n) is 10.3. The van der Waals surface area contributed by atoms with Crippen molar-refractivity contribution in [1.29, 1.82) is 0 Å². The molecule has 0 radical (unpaired) electrons. The number of aromatic nitrogens is 3. The lowest BCUT2D eigenvalue weighted by Crippen LogP contribution is -2.26. The van der Waals surface area contributed by atoms with Gasteiger partial charge in [-0.05, 0) is 53.7 Å². The number of carbonyl (C=O) groups is 1. The van der Waals surface area contributed by atoms with Crippen molar-refractivity contribution in [3.63, 3.8) is 0 Å². The number of hydrogen-bond acceptors (Lipinski definition) is 4. The molecule has 0 aliphatic carbocycles. The quantitative estimate of drug-likeness (QED) is 0.489. The van der Waals surface area contributed by atoms with Crippen molar-refractivity contribution in [3.05, 3.63) is 83.4 Å². The van der Waals surface area contributed by atoms with Gasteiger partial charge in [-0.3, -0.25) is 14.5 Å². The topological polar surface area (TPSA) is 51.0 Å². The fraction of sp³-hybridized carbons (Fsp3) is 0.240. The summed E-state index contributed by atoms with van der Waals surface area (Å²) >= 11 is 0. The van der Waals surface area contributed by atoms with Gasteiger partial charge >= 0.3 is 0 Å². The van der Waals surface area contributed by atoms with Crippen LogP contribution in [0.25, 0.3) is 21.9 Å². The maximum Gasteiger partial charge on any atom is 0.168 e. The Bertz CT molecular complexity index is 1260. The van der Waals surface area contributed by atoms with Gasteiger partial charge in [0, 0.05) is 54.7 Å². The number of pyridine rings is 1. The zero-order valence-corrected chi connectivity index (χ0v) is 17.3. The van der Waals surface area contributed by atoms with Crippen LogP contribution in [0.3, 0.4) is 0 Å². The van der Waals surface area contributed by atoms with E-state index in [2.05, 4.69) is 52.4 Å². The van der Waals surface area contributed by atoms with Crippen LogP contribution in [0.5, 0.6) is 0 Å².